The van der Waals surface area contributed by atoms with Gasteiger partial charge in [-0.25, -0.2) is 0 Å². The summed E-state index contributed by atoms with van der Waals surface area (Å²) >= 11 is 0. The summed E-state index contributed by atoms with van der Waals surface area (Å²) in [5.74, 6) is 1.72. The number of nitrogens with two attached hydrogens (primary N) is 1. The van der Waals surface area contributed by atoms with Crippen molar-refractivity contribution in [1.82, 2.24) is 20.1 Å². The van der Waals surface area contributed by atoms with Crippen molar-refractivity contribution in [2.45, 2.75) is 45.1 Å². The van der Waals surface area contributed by atoms with Crippen LogP contribution in [0.3, 0.4) is 0 Å². The minimum absolute atomic E-state index is 0.0481. The van der Waals surface area contributed by atoms with Gasteiger partial charge in [0, 0.05) is 12.6 Å². The van der Waals surface area contributed by atoms with E-state index in [4.69, 9.17) is 5.73 Å². The van der Waals surface area contributed by atoms with Gasteiger partial charge in [-0.15, -0.1) is 5.10 Å². The van der Waals surface area contributed by atoms with Gasteiger partial charge in [-0.05, 0) is 31.1 Å². The lowest BCUT2D eigenvalue weighted by atomic mass is 9.72. The number of nitrogen functional groups attached to an aromatic ring is 1. The molecule has 2 heterocycles. The highest BCUT2D eigenvalue weighted by molar-refractivity contribution is 5.91. The Morgan fingerprint density at radius 3 is 2.89 bits per heavy atom. The van der Waals surface area contributed by atoms with Crippen LogP contribution in [-0.4, -0.2) is 38.6 Å². The van der Waals surface area contributed by atoms with Crippen LogP contribution in [0.15, 0.2) is 0 Å². The first-order valence-corrected chi connectivity index (χ1v) is 7.15. The number of carbonyl (C=O) groups excluding carboxylic acids is 1. The topological polar surface area (TPSA) is 87.9 Å². The van der Waals surface area contributed by atoms with Crippen LogP contribution < -0.4 is 5.73 Å². The lowest BCUT2D eigenvalue weighted by Crippen LogP contribution is -2.52. The standard InChI is InChI=1S/C13H21N5O/c1-8-6-7-18(10-5-3-2-4-9(8)10)12(19)11-15-13(14)17-16-11/h8-10H,2-7H2,1H3,(H3,14,15,16,17). The minimum Gasteiger partial charge on any atom is -0.366 e. The fourth-order valence-corrected chi connectivity index (χ4v) is 3.67. The van der Waals surface area contributed by atoms with Crippen molar-refractivity contribution >= 4 is 11.9 Å². The lowest BCUT2D eigenvalue weighted by molar-refractivity contribution is 0.0208. The van der Waals surface area contributed by atoms with Crippen LogP contribution in [-0.2, 0) is 0 Å². The summed E-state index contributed by atoms with van der Waals surface area (Å²) < 4.78 is 0. The molecule has 1 aromatic rings. The third-order valence-electron chi connectivity index (χ3n) is 4.70. The van der Waals surface area contributed by atoms with Crippen LogP contribution in [0.25, 0.3) is 0 Å². The molecule has 2 aliphatic rings. The van der Waals surface area contributed by atoms with Gasteiger partial charge in [-0.1, -0.05) is 19.8 Å². The van der Waals surface area contributed by atoms with Crippen molar-refractivity contribution in [2.24, 2.45) is 11.8 Å². The van der Waals surface area contributed by atoms with Gasteiger partial charge in [0.25, 0.3) is 5.91 Å². The average Bonchev–Trinajstić information content (AvgIpc) is 2.86. The zero-order valence-corrected chi connectivity index (χ0v) is 11.3. The quantitative estimate of drug-likeness (QED) is 0.802. The Kier molecular flexibility index (Phi) is 3.16. The van der Waals surface area contributed by atoms with E-state index in [1.165, 1.54) is 19.3 Å². The van der Waals surface area contributed by atoms with Crippen LogP contribution in [0.2, 0.25) is 0 Å². The van der Waals surface area contributed by atoms with Crippen LogP contribution in [0.4, 0.5) is 5.95 Å². The number of H-pyrrole nitrogens is 1. The molecule has 1 aliphatic carbocycles. The predicted octanol–water partition coefficient (Wildman–Crippen LogP) is 1.43. The molecule has 1 aromatic heterocycles. The third-order valence-corrected chi connectivity index (χ3v) is 4.70. The van der Waals surface area contributed by atoms with Crippen LogP contribution in [0.1, 0.15) is 49.6 Å². The minimum atomic E-state index is -0.0481. The molecule has 19 heavy (non-hydrogen) atoms. The fraction of sp³-hybridized carbons (Fsp3) is 0.769. The van der Waals surface area contributed by atoms with E-state index in [1.807, 2.05) is 4.90 Å². The van der Waals surface area contributed by atoms with Crippen LogP contribution in [0.5, 0.6) is 0 Å². The molecule has 3 unspecified atom stereocenters. The number of carbonyl (C=O) groups is 1. The van der Waals surface area contributed by atoms with E-state index >= 15 is 0 Å². The number of nitrogens with zero attached hydrogens (tertiary/aromatic N) is 3. The molecule has 1 saturated carbocycles. The van der Waals surface area contributed by atoms with E-state index in [0.717, 1.165) is 19.4 Å². The number of hydrogen-bond donors (Lipinski definition) is 2. The van der Waals surface area contributed by atoms with Gasteiger partial charge in [0.15, 0.2) is 0 Å². The maximum Gasteiger partial charge on any atom is 0.291 e. The van der Waals surface area contributed by atoms with Crippen molar-refractivity contribution in [3.63, 3.8) is 0 Å². The molecule has 3 rings (SSSR count). The van der Waals surface area contributed by atoms with Crippen LogP contribution >= 0.6 is 0 Å². The molecule has 1 aliphatic heterocycles. The van der Waals surface area contributed by atoms with Gasteiger partial charge in [0.05, 0.1) is 0 Å². The molecule has 3 atom stereocenters. The largest absolute Gasteiger partial charge is 0.366 e. The maximum atomic E-state index is 12.5. The summed E-state index contributed by atoms with van der Waals surface area (Å²) in [7, 11) is 0. The van der Waals surface area contributed by atoms with Gasteiger partial charge >= 0.3 is 0 Å². The molecular formula is C13H21N5O. The van der Waals surface area contributed by atoms with Crippen molar-refractivity contribution in [3.8, 4) is 0 Å². The molecule has 1 saturated heterocycles. The van der Waals surface area contributed by atoms with Gasteiger partial charge in [0.1, 0.15) is 0 Å². The third kappa shape index (κ3) is 2.19. The van der Waals surface area contributed by atoms with E-state index in [9.17, 15) is 4.79 Å². The highest BCUT2D eigenvalue weighted by Crippen LogP contribution is 2.39. The molecule has 3 N–H and O–H groups in total. The van der Waals surface area contributed by atoms with Crippen molar-refractivity contribution in [1.29, 1.82) is 0 Å². The SMILES string of the molecule is CC1CCN(C(=O)c2nc(N)n[nH]2)C2CCCCC12. The van der Waals surface area contributed by atoms with E-state index < -0.39 is 0 Å². The number of fused-ring (bicyclic) bond motifs is 1. The number of likely N-dealkylation sites (tertiary alicyclic amines) is 1. The zero-order chi connectivity index (χ0) is 13.4. The molecule has 0 radical (unpaired) electrons. The summed E-state index contributed by atoms with van der Waals surface area (Å²) in [4.78, 5) is 18.5. The number of piperidine rings is 1. The molecule has 6 heteroatoms. The Balaban J connectivity index is 1.81. The first kappa shape index (κ1) is 12.4. The summed E-state index contributed by atoms with van der Waals surface area (Å²) in [5.41, 5.74) is 5.48. The van der Waals surface area contributed by atoms with Gasteiger partial charge < -0.3 is 10.6 Å². The Morgan fingerprint density at radius 2 is 2.16 bits per heavy atom. The second-order valence-electron chi connectivity index (χ2n) is 5.82. The predicted molar refractivity (Wildman–Crippen MR) is 71.4 cm³/mol. The summed E-state index contributed by atoms with van der Waals surface area (Å²) in [5, 5.41) is 6.38. The number of rotatable bonds is 1. The molecule has 1 amide bonds. The summed E-state index contributed by atoms with van der Waals surface area (Å²) in [6.07, 6.45) is 5.95. The Hall–Kier alpha value is -1.59. The average molecular weight is 263 g/mol. The Morgan fingerprint density at radius 1 is 1.37 bits per heavy atom. The highest BCUT2D eigenvalue weighted by Gasteiger charge is 2.40. The monoisotopic (exact) mass is 263 g/mol. The summed E-state index contributed by atoms with van der Waals surface area (Å²) in [6, 6.07) is 0.372. The molecule has 104 valence electrons. The molecule has 0 aromatic carbocycles. The lowest BCUT2D eigenvalue weighted by Gasteiger charge is -2.47. The van der Waals surface area contributed by atoms with Gasteiger partial charge in [0.2, 0.25) is 11.8 Å². The number of hydrogen-bond acceptors (Lipinski definition) is 4. The van der Waals surface area contributed by atoms with Crippen molar-refractivity contribution < 1.29 is 4.79 Å². The number of nitrogens with one attached hydrogen (secondary N) is 1. The molecular weight excluding hydrogens is 242 g/mol. The number of amides is 1. The summed E-state index contributed by atoms with van der Waals surface area (Å²) in [6.45, 7) is 3.14. The van der Waals surface area contributed by atoms with Gasteiger partial charge in [-0.3, -0.25) is 9.89 Å². The molecule has 6 nitrogen and oxygen atoms in total. The second-order valence-corrected chi connectivity index (χ2v) is 5.82. The first-order valence-electron chi connectivity index (χ1n) is 7.15. The maximum absolute atomic E-state index is 12.5. The smallest absolute Gasteiger partial charge is 0.291 e. The van der Waals surface area contributed by atoms with Crippen LogP contribution in [0, 0.1) is 11.8 Å². The van der Waals surface area contributed by atoms with E-state index in [0.29, 0.717) is 17.9 Å². The van der Waals surface area contributed by atoms with E-state index in [1.54, 1.807) is 0 Å². The zero-order valence-electron chi connectivity index (χ0n) is 11.3. The van der Waals surface area contributed by atoms with Crippen molar-refractivity contribution in [2.75, 3.05) is 12.3 Å². The second kappa shape index (κ2) is 4.83. The van der Waals surface area contributed by atoms with Gasteiger partial charge in [-0.2, -0.15) is 4.98 Å². The normalized spacial score (nSPS) is 31.0. The molecule has 2 fully saturated rings. The number of aromatic nitrogens is 3. The van der Waals surface area contributed by atoms with E-state index in [-0.39, 0.29) is 17.7 Å². The van der Waals surface area contributed by atoms with Crippen molar-refractivity contribution in [3.05, 3.63) is 5.82 Å². The fourth-order valence-electron chi connectivity index (χ4n) is 3.67. The highest BCUT2D eigenvalue weighted by atomic mass is 16.2. The molecule has 0 bridgehead atoms. The Bertz CT molecular complexity index is 471. The van der Waals surface area contributed by atoms with E-state index in [2.05, 4.69) is 22.1 Å². The number of aromatic amines is 1. The number of anilines is 1. The first-order chi connectivity index (χ1) is 9.16. The molecule has 0 spiro atoms. The Labute approximate surface area is 112 Å².